The molecule has 0 bridgehead atoms. The molecule has 0 aromatic carbocycles. The van der Waals surface area contributed by atoms with Gasteiger partial charge in [0.2, 0.25) is 0 Å². The molecule has 0 spiro atoms. The van der Waals surface area contributed by atoms with Crippen molar-refractivity contribution >= 4 is 11.9 Å². The Morgan fingerprint density at radius 1 is 0.750 bits per heavy atom. The summed E-state index contributed by atoms with van der Waals surface area (Å²) in [5.74, 6) is -1.47. The van der Waals surface area contributed by atoms with Crippen LogP contribution >= 0.6 is 0 Å². The predicted molar refractivity (Wildman–Crippen MR) is 98.2 cm³/mol. The normalized spacial score (nSPS) is 11.9. The quantitative estimate of drug-likeness (QED) is 0.275. The maximum Gasteiger partial charge on any atom is 0.331 e. The van der Waals surface area contributed by atoms with E-state index in [2.05, 4.69) is 13.8 Å². The lowest BCUT2D eigenvalue weighted by molar-refractivity contribution is -0.135. The maximum atomic E-state index is 10.9. The number of hydrogen-bond donors (Lipinski definition) is 2. The van der Waals surface area contributed by atoms with Crippen molar-refractivity contribution in [3.8, 4) is 0 Å². The Balaban J connectivity index is 3.39. The van der Waals surface area contributed by atoms with Crippen LogP contribution < -0.4 is 0 Å². The zero-order chi connectivity index (χ0) is 18.2. The molecule has 0 atom stereocenters. The molecule has 0 heterocycles. The molecule has 0 aliphatic heterocycles. The molecule has 0 fully saturated rings. The third-order valence-electron chi connectivity index (χ3n) is 4.30. The highest BCUT2D eigenvalue weighted by molar-refractivity contribution is 5.94. The van der Waals surface area contributed by atoms with E-state index in [1.165, 1.54) is 57.8 Å². The van der Waals surface area contributed by atoms with Gasteiger partial charge < -0.3 is 10.2 Å². The second-order valence-electron chi connectivity index (χ2n) is 7.13. The summed E-state index contributed by atoms with van der Waals surface area (Å²) in [6.07, 6.45) is 15.8. The van der Waals surface area contributed by atoms with Gasteiger partial charge in [0.1, 0.15) is 0 Å². The van der Waals surface area contributed by atoms with E-state index >= 15 is 0 Å². The monoisotopic (exact) mass is 340 g/mol. The highest BCUT2D eigenvalue weighted by Gasteiger charge is 2.08. The molecule has 140 valence electrons. The summed E-state index contributed by atoms with van der Waals surface area (Å²) >= 11 is 0. The second kappa shape index (κ2) is 15.2. The number of aliphatic carboxylic acids is 2. The van der Waals surface area contributed by atoms with Gasteiger partial charge in [0, 0.05) is 11.6 Å². The fourth-order valence-electron chi connectivity index (χ4n) is 2.85. The third-order valence-corrected chi connectivity index (χ3v) is 4.30. The summed E-state index contributed by atoms with van der Waals surface area (Å²) in [4.78, 5) is 21.4. The van der Waals surface area contributed by atoms with Crippen molar-refractivity contribution in [1.29, 1.82) is 0 Å². The maximum absolute atomic E-state index is 10.9. The van der Waals surface area contributed by atoms with E-state index < -0.39 is 11.9 Å². The molecule has 0 aliphatic rings. The van der Waals surface area contributed by atoms with Crippen LogP contribution in [-0.2, 0) is 9.59 Å². The lowest BCUT2D eigenvalue weighted by Crippen LogP contribution is -2.04. The average molecular weight is 341 g/mol. The van der Waals surface area contributed by atoms with Gasteiger partial charge in [-0.25, -0.2) is 9.59 Å². The SMILES string of the molecule is CC(C)CCCCCCCCCCCCC/C(=C/C(=O)O)C(=O)O. The van der Waals surface area contributed by atoms with Crippen molar-refractivity contribution in [2.75, 3.05) is 0 Å². The third kappa shape index (κ3) is 15.6. The van der Waals surface area contributed by atoms with Crippen molar-refractivity contribution in [2.45, 2.75) is 97.3 Å². The van der Waals surface area contributed by atoms with Crippen LogP contribution in [0.1, 0.15) is 97.3 Å². The van der Waals surface area contributed by atoms with Crippen LogP contribution in [0.15, 0.2) is 11.6 Å². The summed E-state index contributed by atoms with van der Waals surface area (Å²) in [5, 5.41) is 17.5. The van der Waals surface area contributed by atoms with Gasteiger partial charge in [-0.15, -0.1) is 0 Å². The molecular weight excluding hydrogens is 304 g/mol. The molecule has 0 saturated heterocycles. The van der Waals surface area contributed by atoms with Gasteiger partial charge in [-0.2, -0.15) is 0 Å². The first kappa shape index (κ1) is 22.7. The number of unbranched alkanes of at least 4 members (excludes halogenated alkanes) is 10. The molecule has 0 aromatic heterocycles. The predicted octanol–water partition coefficient (Wildman–Crippen LogP) is 5.81. The van der Waals surface area contributed by atoms with Gasteiger partial charge in [-0.3, -0.25) is 0 Å². The number of carbonyl (C=O) groups is 2. The first-order chi connectivity index (χ1) is 11.4. The standard InChI is InChI=1S/C20H36O4/c1-17(2)14-12-10-8-6-4-3-5-7-9-11-13-15-18(20(23)24)16-19(21)22/h16-17H,3-15H2,1-2H3,(H,21,22)(H,23,24)/b18-16-. The molecule has 0 radical (unpaired) electrons. The summed E-state index contributed by atoms with van der Waals surface area (Å²) in [6, 6.07) is 0. The molecule has 4 nitrogen and oxygen atoms in total. The van der Waals surface area contributed by atoms with E-state index in [1.54, 1.807) is 0 Å². The number of carboxylic acid groups (broad SMARTS) is 2. The number of hydrogen-bond acceptors (Lipinski definition) is 2. The second-order valence-corrected chi connectivity index (χ2v) is 7.13. The topological polar surface area (TPSA) is 74.6 Å². The largest absolute Gasteiger partial charge is 0.478 e. The zero-order valence-corrected chi connectivity index (χ0v) is 15.6. The van der Waals surface area contributed by atoms with Crippen LogP contribution in [0.4, 0.5) is 0 Å². The van der Waals surface area contributed by atoms with Gasteiger partial charge in [0.15, 0.2) is 0 Å². The summed E-state index contributed by atoms with van der Waals surface area (Å²) in [6.45, 7) is 4.57. The van der Waals surface area contributed by atoms with Crippen molar-refractivity contribution in [3.05, 3.63) is 11.6 Å². The van der Waals surface area contributed by atoms with Crippen molar-refractivity contribution in [3.63, 3.8) is 0 Å². The molecule has 0 aromatic rings. The van der Waals surface area contributed by atoms with E-state index in [-0.39, 0.29) is 5.57 Å². The Labute approximate surface area is 147 Å². The Kier molecular flexibility index (Phi) is 14.4. The molecule has 0 aliphatic carbocycles. The lowest BCUT2D eigenvalue weighted by atomic mass is 10.0. The molecule has 4 heteroatoms. The van der Waals surface area contributed by atoms with Crippen LogP contribution in [0.2, 0.25) is 0 Å². The van der Waals surface area contributed by atoms with E-state index in [0.717, 1.165) is 31.3 Å². The van der Waals surface area contributed by atoms with E-state index in [0.29, 0.717) is 6.42 Å². The van der Waals surface area contributed by atoms with Crippen molar-refractivity contribution in [2.24, 2.45) is 5.92 Å². The van der Waals surface area contributed by atoms with Gasteiger partial charge >= 0.3 is 11.9 Å². The van der Waals surface area contributed by atoms with Gasteiger partial charge in [0.05, 0.1) is 0 Å². The summed E-state index contributed by atoms with van der Waals surface area (Å²) < 4.78 is 0. The fourth-order valence-corrected chi connectivity index (χ4v) is 2.85. The molecule has 0 amide bonds. The Bertz CT molecular complexity index is 372. The van der Waals surface area contributed by atoms with E-state index in [9.17, 15) is 9.59 Å². The zero-order valence-electron chi connectivity index (χ0n) is 15.6. The van der Waals surface area contributed by atoms with E-state index in [4.69, 9.17) is 10.2 Å². The van der Waals surface area contributed by atoms with Gasteiger partial charge in [0.25, 0.3) is 0 Å². The minimum absolute atomic E-state index is 0.0000308. The van der Waals surface area contributed by atoms with Crippen LogP contribution in [0, 0.1) is 5.92 Å². The van der Waals surface area contributed by atoms with Crippen LogP contribution in [-0.4, -0.2) is 22.2 Å². The minimum Gasteiger partial charge on any atom is -0.478 e. The Morgan fingerprint density at radius 2 is 1.17 bits per heavy atom. The first-order valence-electron chi connectivity index (χ1n) is 9.60. The Hall–Kier alpha value is -1.32. The molecule has 0 rings (SSSR count). The highest BCUT2D eigenvalue weighted by atomic mass is 16.4. The smallest absolute Gasteiger partial charge is 0.331 e. The van der Waals surface area contributed by atoms with Gasteiger partial charge in [-0.05, 0) is 18.8 Å². The Morgan fingerprint density at radius 3 is 1.54 bits per heavy atom. The molecule has 24 heavy (non-hydrogen) atoms. The fraction of sp³-hybridized carbons (Fsp3) is 0.800. The highest BCUT2D eigenvalue weighted by Crippen LogP contribution is 2.15. The molecular formula is C20H36O4. The molecule has 2 N–H and O–H groups in total. The average Bonchev–Trinajstić information content (AvgIpc) is 2.49. The summed E-state index contributed by atoms with van der Waals surface area (Å²) in [5.41, 5.74) is -0.0000308. The van der Waals surface area contributed by atoms with Gasteiger partial charge in [-0.1, -0.05) is 84.5 Å². The molecule has 0 saturated carbocycles. The van der Waals surface area contributed by atoms with Crippen LogP contribution in [0.5, 0.6) is 0 Å². The lowest BCUT2D eigenvalue weighted by Gasteiger charge is -2.05. The van der Waals surface area contributed by atoms with Crippen LogP contribution in [0.3, 0.4) is 0 Å². The molecule has 0 unspecified atom stereocenters. The van der Waals surface area contributed by atoms with Crippen LogP contribution in [0.25, 0.3) is 0 Å². The van der Waals surface area contributed by atoms with Crippen molar-refractivity contribution < 1.29 is 19.8 Å². The van der Waals surface area contributed by atoms with Crippen molar-refractivity contribution in [1.82, 2.24) is 0 Å². The summed E-state index contributed by atoms with van der Waals surface area (Å²) in [7, 11) is 0. The van der Waals surface area contributed by atoms with E-state index in [1.807, 2.05) is 0 Å². The number of rotatable bonds is 16. The first-order valence-corrected chi connectivity index (χ1v) is 9.60. The number of carboxylic acids is 2. The minimum atomic E-state index is -1.18.